The largest absolute Gasteiger partial charge is 0.389 e. The van der Waals surface area contributed by atoms with Crippen molar-refractivity contribution < 1.29 is 9.84 Å². The van der Waals surface area contributed by atoms with E-state index < -0.39 is 5.60 Å². The van der Waals surface area contributed by atoms with Crippen molar-refractivity contribution in [3.8, 4) is 0 Å². The molecule has 0 aliphatic heterocycles. The molecule has 4 saturated carbocycles. The van der Waals surface area contributed by atoms with Gasteiger partial charge >= 0.3 is 0 Å². The van der Waals surface area contributed by atoms with E-state index in [9.17, 15) is 5.11 Å². The Bertz CT molecular complexity index is 744. The molecule has 0 spiro atoms. The topological polar surface area (TPSA) is 130 Å². The van der Waals surface area contributed by atoms with Crippen LogP contribution >= 0.6 is 0 Å². The summed E-state index contributed by atoms with van der Waals surface area (Å²) in [7, 11) is 0. The number of aliphatic hydroxyl groups is 1. The van der Waals surface area contributed by atoms with Crippen molar-refractivity contribution in [3.05, 3.63) is 0 Å². The van der Waals surface area contributed by atoms with E-state index in [0.717, 1.165) is 50.8 Å². The molecule has 0 aromatic rings. The number of guanidine groups is 1. The Kier molecular flexibility index (Phi) is 6.65. The first-order valence-corrected chi connectivity index (χ1v) is 12.8. The van der Waals surface area contributed by atoms with E-state index in [4.69, 9.17) is 21.6 Å². The van der Waals surface area contributed by atoms with E-state index in [1.54, 1.807) is 0 Å². The minimum atomic E-state index is -0.629. The highest BCUT2D eigenvalue weighted by Gasteiger charge is 2.67. The Hall–Kier alpha value is -1.18. The SMILES string of the molecule is C/C(=N/NC(=N)N)[C@H]1CC[C@@]2(O)[C@@H]3CCC4CC(OCCCN)CC[C@]4(C)[C@H]3CC[C@]12C. The highest BCUT2D eigenvalue weighted by molar-refractivity contribution is 5.87. The second kappa shape index (κ2) is 8.88. The zero-order valence-electron chi connectivity index (χ0n) is 20.3. The average molecular weight is 448 g/mol. The van der Waals surface area contributed by atoms with Crippen molar-refractivity contribution in [2.75, 3.05) is 13.2 Å². The van der Waals surface area contributed by atoms with Gasteiger partial charge in [-0.05, 0) is 101 Å². The van der Waals surface area contributed by atoms with Gasteiger partial charge in [-0.3, -0.25) is 5.41 Å². The normalized spacial score (nSPS) is 46.2. The highest BCUT2D eigenvalue weighted by Crippen LogP contribution is 2.69. The van der Waals surface area contributed by atoms with Crippen LogP contribution in [0.4, 0.5) is 0 Å². The summed E-state index contributed by atoms with van der Waals surface area (Å²) in [6, 6.07) is 0. The number of hydrogen-bond donors (Lipinski definition) is 5. The van der Waals surface area contributed by atoms with Crippen LogP contribution in [0.1, 0.15) is 85.0 Å². The molecule has 0 amide bonds. The zero-order chi connectivity index (χ0) is 23.1. The van der Waals surface area contributed by atoms with Crippen LogP contribution in [0.25, 0.3) is 0 Å². The molecule has 182 valence electrons. The Morgan fingerprint density at radius 1 is 1.12 bits per heavy atom. The van der Waals surface area contributed by atoms with E-state index in [0.29, 0.717) is 35.8 Å². The lowest BCUT2D eigenvalue weighted by Gasteiger charge is -2.63. The molecule has 0 radical (unpaired) electrons. The molecule has 4 fully saturated rings. The molecule has 7 heteroatoms. The van der Waals surface area contributed by atoms with Crippen LogP contribution in [0.5, 0.6) is 0 Å². The summed E-state index contributed by atoms with van der Waals surface area (Å²) in [6.45, 7) is 8.32. The molecule has 4 rings (SSSR count). The van der Waals surface area contributed by atoms with Gasteiger partial charge in [0.2, 0.25) is 5.96 Å². The number of hydrogen-bond acceptors (Lipinski definition) is 5. The van der Waals surface area contributed by atoms with Gasteiger partial charge in [0, 0.05) is 23.7 Å². The molecule has 32 heavy (non-hydrogen) atoms. The molecule has 2 unspecified atom stereocenters. The third-order valence-corrected chi connectivity index (χ3v) is 10.4. The van der Waals surface area contributed by atoms with Crippen molar-refractivity contribution in [3.63, 3.8) is 0 Å². The fourth-order valence-corrected chi connectivity index (χ4v) is 8.57. The molecule has 4 aliphatic rings. The van der Waals surface area contributed by atoms with Crippen LogP contribution in [0, 0.1) is 39.9 Å². The second-order valence-electron chi connectivity index (χ2n) is 11.7. The van der Waals surface area contributed by atoms with Gasteiger partial charge in [-0.15, -0.1) is 0 Å². The standard InChI is InChI=1S/C25H45N5O2/c1-16(29-30-22(27)28)19-9-12-25(31)21-6-5-17-15-18(32-14-4-13-26)7-10-23(17,2)20(21)8-11-24(19,25)3/h17-21,31H,4-15,26H2,1-3H3,(H4,27,28,30)/b29-16-/t17?,18?,19-,20+,21-,23+,24-,25-/m1/s1. The number of ether oxygens (including phenoxy) is 1. The van der Waals surface area contributed by atoms with Crippen LogP contribution in [0.2, 0.25) is 0 Å². The van der Waals surface area contributed by atoms with E-state index in [1.807, 2.05) is 6.92 Å². The summed E-state index contributed by atoms with van der Waals surface area (Å²) in [5.41, 5.74) is 14.2. The summed E-state index contributed by atoms with van der Waals surface area (Å²) in [6.07, 6.45) is 11.2. The fourth-order valence-electron chi connectivity index (χ4n) is 8.57. The van der Waals surface area contributed by atoms with Gasteiger partial charge in [0.25, 0.3) is 0 Å². The first kappa shape index (κ1) is 24.0. The van der Waals surface area contributed by atoms with Crippen LogP contribution in [-0.2, 0) is 4.74 Å². The summed E-state index contributed by atoms with van der Waals surface area (Å²) in [5, 5.41) is 24.1. The summed E-state index contributed by atoms with van der Waals surface area (Å²) in [4.78, 5) is 0. The molecule has 0 saturated heterocycles. The molecule has 0 aromatic heterocycles. The lowest BCUT2D eigenvalue weighted by Crippen LogP contribution is -2.62. The number of nitrogens with zero attached hydrogens (tertiary/aromatic N) is 1. The van der Waals surface area contributed by atoms with Crippen molar-refractivity contribution in [2.24, 2.45) is 51.1 Å². The van der Waals surface area contributed by atoms with Crippen LogP contribution in [0.15, 0.2) is 5.10 Å². The van der Waals surface area contributed by atoms with Gasteiger partial charge in [0.15, 0.2) is 0 Å². The third kappa shape index (κ3) is 3.78. The molecule has 8 atom stereocenters. The molecular formula is C25H45N5O2. The number of hydrazone groups is 1. The van der Waals surface area contributed by atoms with Crippen LogP contribution in [0.3, 0.4) is 0 Å². The average Bonchev–Trinajstić information content (AvgIpc) is 3.03. The summed E-state index contributed by atoms with van der Waals surface area (Å²) >= 11 is 0. The molecule has 7 nitrogen and oxygen atoms in total. The predicted octanol–water partition coefficient (Wildman–Crippen LogP) is 3.35. The monoisotopic (exact) mass is 447 g/mol. The lowest BCUT2D eigenvalue weighted by molar-refractivity contribution is -0.208. The molecular weight excluding hydrogens is 402 g/mol. The van der Waals surface area contributed by atoms with E-state index >= 15 is 0 Å². The van der Waals surface area contributed by atoms with Gasteiger partial charge in [-0.1, -0.05) is 13.8 Å². The Morgan fingerprint density at radius 3 is 2.62 bits per heavy atom. The minimum Gasteiger partial charge on any atom is -0.389 e. The molecule has 7 N–H and O–H groups in total. The van der Waals surface area contributed by atoms with Crippen molar-refractivity contribution in [1.29, 1.82) is 5.41 Å². The molecule has 4 aliphatic carbocycles. The van der Waals surface area contributed by atoms with E-state index in [1.165, 1.54) is 25.7 Å². The minimum absolute atomic E-state index is 0.139. The number of fused-ring (bicyclic) bond motifs is 5. The highest BCUT2D eigenvalue weighted by atomic mass is 16.5. The lowest BCUT2D eigenvalue weighted by atomic mass is 9.43. The Balaban J connectivity index is 1.50. The number of rotatable bonds is 6. The van der Waals surface area contributed by atoms with Crippen LogP contribution in [-0.4, -0.2) is 41.6 Å². The Labute approximate surface area is 193 Å². The Morgan fingerprint density at radius 2 is 1.91 bits per heavy atom. The summed E-state index contributed by atoms with van der Waals surface area (Å²) in [5.74, 6) is 1.76. The van der Waals surface area contributed by atoms with Crippen molar-refractivity contribution in [1.82, 2.24) is 5.43 Å². The fraction of sp³-hybridized carbons (Fsp3) is 0.920. The maximum atomic E-state index is 12.3. The van der Waals surface area contributed by atoms with Gasteiger partial charge in [-0.2, -0.15) is 5.10 Å². The number of nitrogens with two attached hydrogens (primary N) is 2. The second-order valence-corrected chi connectivity index (χ2v) is 11.7. The number of nitrogens with one attached hydrogen (secondary N) is 2. The smallest absolute Gasteiger partial charge is 0.206 e. The zero-order valence-corrected chi connectivity index (χ0v) is 20.3. The van der Waals surface area contributed by atoms with Gasteiger partial charge < -0.3 is 21.3 Å². The molecule has 0 aromatic carbocycles. The maximum absolute atomic E-state index is 12.3. The van der Waals surface area contributed by atoms with E-state index in [-0.39, 0.29) is 17.3 Å². The quantitative estimate of drug-likeness (QED) is 0.184. The first-order chi connectivity index (χ1) is 15.2. The molecule has 0 bridgehead atoms. The van der Waals surface area contributed by atoms with Gasteiger partial charge in [-0.25, -0.2) is 5.43 Å². The maximum Gasteiger partial charge on any atom is 0.206 e. The van der Waals surface area contributed by atoms with Crippen molar-refractivity contribution >= 4 is 11.7 Å². The third-order valence-electron chi connectivity index (χ3n) is 10.4. The van der Waals surface area contributed by atoms with Crippen molar-refractivity contribution in [2.45, 2.75) is 96.7 Å². The van der Waals surface area contributed by atoms with Gasteiger partial charge in [0.1, 0.15) is 0 Å². The van der Waals surface area contributed by atoms with Crippen LogP contribution < -0.4 is 16.9 Å². The molecule has 0 heterocycles. The predicted molar refractivity (Wildman–Crippen MR) is 128 cm³/mol. The first-order valence-electron chi connectivity index (χ1n) is 12.8. The summed E-state index contributed by atoms with van der Waals surface area (Å²) < 4.78 is 6.17. The van der Waals surface area contributed by atoms with Gasteiger partial charge in [0.05, 0.1) is 11.7 Å². The van der Waals surface area contributed by atoms with E-state index in [2.05, 4.69) is 24.4 Å².